The third-order valence-electron chi connectivity index (χ3n) is 5.41. The van der Waals surface area contributed by atoms with Crippen molar-refractivity contribution in [3.05, 3.63) is 64.7 Å². The Morgan fingerprint density at radius 1 is 0.880 bits per heavy atom. The van der Waals surface area contributed by atoms with Crippen LogP contribution in [0, 0.1) is 11.3 Å². The highest BCUT2D eigenvalue weighted by atomic mass is 16.5. The Bertz CT molecular complexity index is 771. The number of hydrogen-bond donors (Lipinski definition) is 2. The van der Waals surface area contributed by atoms with Gasteiger partial charge in [-0.25, -0.2) is 0 Å². The highest BCUT2D eigenvalue weighted by molar-refractivity contribution is 5.39. The quantitative estimate of drug-likeness (QED) is 0.824. The van der Waals surface area contributed by atoms with Crippen molar-refractivity contribution in [2.24, 2.45) is 0 Å². The van der Waals surface area contributed by atoms with E-state index in [1.807, 2.05) is 12.1 Å². The zero-order chi connectivity index (χ0) is 17.1. The summed E-state index contributed by atoms with van der Waals surface area (Å²) in [6, 6.07) is 16.9. The lowest BCUT2D eigenvalue weighted by Crippen LogP contribution is -3.27. The summed E-state index contributed by atoms with van der Waals surface area (Å²) in [4.78, 5) is 3.33. The van der Waals surface area contributed by atoms with Crippen LogP contribution in [0.5, 0.6) is 5.75 Å². The highest BCUT2D eigenvalue weighted by Crippen LogP contribution is 2.25. The molecule has 0 bridgehead atoms. The van der Waals surface area contributed by atoms with Crippen LogP contribution < -0.4 is 14.5 Å². The Balaban J connectivity index is 1.28. The first-order valence-electron chi connectivity index (χ1n) is 9.21. The van der Waals surface area contributed by atoms with Gasteiger partial charge in [0, 0.05) is 17.5 Å². The topological polar surface area (TPSA) is 41.9 Å². The van der Waals surface area contributed by atoms with Gasteiger partial charge in [-0.15, -0.1) is 0 Å². The van der Waals surface area contributed by atoms with E-state index in [9.17, 15) is 0 Å². The number of fused-ring (bicyclic) bond motifs is 1. The number of nitrogens with one attached hydrogen (secondary N) is 2. The molecule has 0 aliphatic carbocycles. The lowest BCUT2D eigenvalue weighted by molar-refractivity contribution is -1.02. The molecule has 2 N–H and O–H groups in total. The number of benzene rings is 2. The minimum Gasteiger partial charge on any atom is -0.493 e. The predicted molar refractivity (Wildman–Crippen MR) is 95.6 cm³/mol. The maximum atomic E-state index is 8.89. The van der Waals surface area contributed by atoms with Gasteiger partial charge in [0.05, 0.1) is 18.2 Å². The zero-order valence-electron chi connectivity index (χ0n) is 14.6. The Morgan fingerprint density at radius 3 is 2.20 bits per heavy atom. The van der Waals surface area contributed by atoms with Gasteiger partial charge in [0.2, 0.25) is 0 Å². The molecule has 0 saturated carbocycles. The van der Waals surface area contributed by atoms with Crippen LogP contribution >= 0.6 is 0 Å². The van der Waals surface area contributed by atoms with E-state index in [2.05, 4.69) is 36.4 Å². The van der Waals surface area contributed by atoms with Gasteiger partial charge in [-0.3, -0.25) is 0 Å². The summed E-state index contributed by atoms with van der Waals surface area (Å²) >= 11 is 0. The van der Waals surface area contributed by atoms with Gasteiger partial charge in [0.1, 0.15) is 45.0 Å². The molecular weight excluding hydrogens is 310 g/mol. The van der Waals surface area contributed by atoms with Gasteiger partial charge >= 0.3 is 0 Å². The second kappa shape index (κ2) is 7.26. The number of ether oxygens (including phenoxy) is 1. The summed E-state index contributed by atoms with van der Waals surface area (Å²) in [7, 11) is 0. The SMILES string of the molecule is N#Cc1ccc(C[NH+]2CC[NH+](Cc3ccc4c(c3)CCO4)CC2)cc1. The third kappa shape index (κ3) is 3.84. The van der Waals surface area contributed by atoms with E-state index in [4.69, 9.17) is 10.00 Å². The number of nitriles is 1. The lowest BCUT2D eigenvalue weighted by atomic mass is 10.1. The van der Waals surface area contributed by atoms with Crippen LogP contribution in [0.15, 0.2) is 42.5 Å². The van der Waals surface area contributed by atoms with Crippen molar-refractivity contribution in [2.45, 2.75) is 19.5 Å². The first-order valence-corrected chi connectivity index (χ1v) is 9.21. The van der Waals surface area contributed by atoms with Crippen molar-refractivity contribution in [1.29, 1.82) is 5.26 Å². The largest absolute Gasteiger partial charge is 0.493 e. The van der Waals surface area contributed by atoms with Gasteiger partial charge in [-0.1, -0.05) is 12.1 Å². The Morgan fingerprint density at radius 2 is 1.52 bits per heavy atom. The van der Waals surface area contributed by atoms with Crippen molar-refractivity contribution in [3.8, 4) is 11.8 Å². The standard InChI is InChI=1S/C21H23N3O/c22-14-17-1-3-18(4-2-17)15-23-8-10-24(11-9-23)16-19-5-6-21-20(13-19)7-12-25-21/h1-6,13H,7-12,15-16H2/p+2. The van der Waals surface area contributed by atoms with Gasteiger partial charge < -0.3 is 14.5 Å². The maximum absolute atomic E-state index is 8.89. The molecule has 1 fully saturated rings. The van der Waals surface area contributed by atoms with Crippen LogP contribution in [-0.2, 0) is 19.5 Å². The smallest absolute Gasteiger partial charge is 0.127 e. The number of nitrogens with zero attached hydrogens (tertiary/aromatic N) is 1. The van der Waals surface area contributed by atoms with E-state index >= 15 is 0 Å². The molecule has 0 aromatic heterocycles. The van der Waals surface area contributed by atoms with E-state index in [0.29, 0.717) is 0 Å². The molecule has 128 valence electrons. The first kappa shape index (κ1) is 16.1. The first-order chi connectivity index (χ1) is 12.3. The summed E-state index contributed by atoms with van der Waals surface area (Å²) in [5.41, 5.74) is 4.89. The Labute approximate surface area is 149 Å². The minimum atomic E-state index is 0.743. The van der Waals surface area contributed by atoms with Crippen molar-refractivity contribution in [3.63, 3.8) is 0 Å². The molecule has 2 aromatic rings. The van der Waals surface area contributed by atoms with Crippen molar-refractivity contribution in [1.82, 2.24) is 0 Å². The summed E-state index contributed by atoms with van der Waals surface area (Å²) in [6.45, 7) is 7.89. The van der Waals surface area contributed by atoms with E-state index in [1.54, 1.807) is 9.80 Å². The van der Waals surface area contributed by atoms with E-state index < -0.39 is 0 Å². The number of hydrogen-bond acceptors (Lipinski definition) is 2. The number of rotatable bonds is 4. The monoisotopic (exact) mass is 335 g/mol. The van der Waals surface area contributed by atoms with Crippen LogP contribution in [0.1, 0.15) is 22.3 Å². The van der Waals surface area contributed by atoms with Gasteiger partial charge in [0.25, 0.3) is 0 Å². The lowest BCUT2D eigenvalue weighted by Gasteiger charge is -2.30. The molecule has 2 aromatic carbocycles. The van der Waals surface area contributed by atoms with Crippen LogP contribution in [0.2, 0.25) is 0 Å². The van der Waals surface area contributed by atoms with Gasteiger partial charge in [-0.2, -0.15) is 5.26 Å². The normalized spacial score (nSPS) is 22.0. The average molecular weight is 335 g/mol. The third-order valence-corrected chi connectivity index (χ3v) is 5.41. The summed E-state index contributed by atoms with van der Waals surface area (Å²) in [5.74, 6) is 1.08. The summed E-state index contributed by atoms with van der Waals surface area (Å²) < 4.78 is 5.60. The molecule has 2 aliphatic heterocycles. The molecule has 25 heavy (non-hydrogen) atoms. The molecule has 0 spiro atoms. The number of quaternary nitrogens is 2. The molecule has 0 amide bonds. The van der Waals surface area contributed by atoms with Gasteiger partial charge in [0.15, 0.2) is 0 Å². The van der Waals surface area contributed by atoms with Crippen molar-refractivity contribution in [2.75, 3.05) is 32.8 Å². The highest BCUT2D eigenvalue weighted by Gasteiger charge is 2.23. The molecule has 1 saturated heterocycles. The maximum Gasteiger partial charge on any atom is 0.127 e. The molecule has 2 heterocycles. The van der Waals surface area contributed by atoms with E-state index in [0.717, 1.165) is 37.4 Å². The van der Waals surface area contributed by atoms with Crippen LogP contribution in [0.3, 0.4) is 0 Å². The van der Waals surface area contributed by atoms with E-state index in [-0.39, 0.29) is 0 Å². The Kier molecular flexibility index (Phi) is 4.69. The van der Waals surface area contributed by atoms with Gasteiger partial charge in [-0.05, 0) is 35.9 Å². The molecule has 0 atom stereocenters. The van der Waals surface area contributed by atoms with Crippen molar-refractivity contribution < 1.29 is 14.5 Å². The molecule has 0 radical (unpaired) electrons. The fourth-order valence-corrected chi connectivity index (χ4v) is 3.94. The molecule has 4 rings (SSSR count). The average Bonchev–Trinajstić information content (AvgIpc) is 3.12. The number of piperazine rings is 1. The summed E-state index contributed by atoms with van der Waals surface area (Å²) in [6.07, 6.45) is 1.06. The zero-order valence-corrected chi connectivity index (χ0v) is 14.6. The fourth-order valence-electron chi connectivity index (χ4n) is 3.94. The second-order valence-electron chi connectivity index (χ2n) is 7.20. The molecule has 4 heteroatoms. The van der Waals surface area contributed by atoms with E-state index in [1.165, 1.54) is 42.9 Å². The molecule has 2 aliphatic rings. The van der Waals surface area contributed by atoms with Crippen LogP contribution in [-0.4, -0.2) is 32.8 Å². The van der Waals surface area contributed by atoms with Crippen molar-refractivity contribution >= 4 is 0 Å². The van der Waals surface area contributed by atoms with Crippen LogP contribution in [0.4, 0.5) is 0 Å². The second-order valence-corrected chi connectivity index (χ2v) is 7.20. The fraction of sp³-hybridized carbons (Fsp3) is 0.381. The molecule has 4 nitrogen and oxygen atoms in total. The molecular formula is C21H25N3O+2. The summed E-state index contributed by atoms with van der Waals surface area (Å²) in [5, 5.41) is 8.89. The molecule has 0 unspecified atom stereocenters. The Hall–Kier alpha value is -2.35. The predicted octanol–water partition coefficient (Wildman–Crippen LogP) is -0.0232. The van der Waals surface area contributed by atoms with Crippen LogP contribution in [0.25, 0.3) is 0 Å². The minimum absolute atomic E-state index is 0.743.